The molecular formula is C23H19ClN2O3. The first kappa shape index (κ1) is 19.0. The number of carbonyl (C=O) groups excluding carboxylic acids is 2. The number of nitrogens with one attached hydrogen (secondary N) is 2. The lowest BCUT2D eigenvalue weighted by molar-refractivity contribution is -0.117. The zero-order valence-corrected chi connectivity index (χ0v) is 16.5. The zero-order valence-electron chi connectivity index (χ0n) is 15.7. The number of rotatable bonds is 4. The van der Waals surface area contributed by atoms with E-state index in [4.69, 9.17) is 16.3 Å². The molecule has 29 heavy (non-hydrogen) atoms. The Labute approximate surface area is 173 Å². The molecule has 0 fully saturated rings. The number of hydrogen-bond donors (Lipinski definition) is 2. The Bertz CT molecular complexity index is 1080. The maximum absolute atomic E-state index is 12.8. The Morgan fingerprint density at radius 1 is 1.07 bits per heavy atom. The number of carbonyl (C=O) groups is 2. The molecule has 3 aromatic carbocycles. The normalized spacial score (nSPS) is 13.2. The maximum atomic E-state index is 12.8. The van der Waals surface area contributed by atoms with Crippen LogP contribution in [0, 0.1) is 0 Å². The van der Waals surface area contributed by atoms with Crippen molar-refractivity contribution < 1.29 is 14.3 Å². The summed E-state index contributed by atoms with van der Waals surface area (Å²) in [6, 6.07) is 19.7. The number of fused-ring (bicyclic) bond motifs is 2. The summed E-state index contributed by atoms with van der Waals surface area (Å²) in [5, 5.41) is 6.21. The van der Waals surface area contributed by atoms with Crippen LogP contribution in [-0.4, -0.2) is 11.8 Å². The summed E-state index contributed by atoms with van der Waals surface area (Å²) < 4.78 is 5.87. The van der Waals surface area contributed by atoms with Gasteiger partial charge in [0.15, 0.2) is 5.75 Å². The van der Waals surface area contributed by atoms with E-state index in [1.54, 1.807) is 36.4 Å². The van der Waals surface area contributed by atoms with Crippen molar-refractivity contribution in [2.75, 3.05) is 10.6 Å². The molecule has 1 heterocycles. The van der Waals surface area contributed by atoms with Gasteiger partial charge in [0.2, 0.25) is 5.91 Å². The van der Waals surface area contributed by atoms with Gasteiger partial charge < -0.3 is 15.4 Å². The van der Waals surface area contributed by atoms with Crippen molar-refractivity contribution in [3.63, 3.8) is 0 Å². The van der Waals surface area contributed by atoms with Crippen molar-refractivity contribution in [1.29, 1.82) is 0 Å². The van der Waals surface area contributed by atoms with Crippen molar-refractivity contribution in [3.05, 3.63) is 82.9 Å². The molecule has 2 amide bonds. The van der Waals surface area contributed by atoms with Gasteiger partial charge in [-0.05, 0) is 48.4 Å². The summed E-state index contributed by atoms with van der Waals surface area (Å²) in [5.41, 5.74) is 2.32. The summed E-state index contributed by atoms with van der Waals surface area (Å²) in [4.78, 5) is 25.5. The van der Waals surface area contributed by atoms with Gasteiger partial charge in [0.25, 0.3) is 5.91 Å². The lowest BCUT2D eigenvalue weighted by Gasteiger charge is -2.16. The minimum absolute atomic E-state index is 0.122. The molecule has 1 aliphatic rings. The molecule has 0 aromatic heterocycles. The van der Waals surface area contributed by atoms with E-state index in [1.807, 2.05) is 37.3 Å². The number of ether oxygens (including phenoxy) is 1. The molecule has 2 N–H and O–H groups in total. The zero-order chi connectivity index (χ0) is 20.4. The van der Waals surface area contributed by atoms with E-state index in [2.05, 4.69) is 10.6 Å². The first-order valence-corrected chi connectivity index (χ1v) is 9.71. The second kappa shape index (κ2) is 7.97. The van der Waals surface area contributed by atoms with Crippen LogP contribution in [0.15, 0.2) is 66.7 Å². The van der Waals surface area contributed by atoms with Crippen LogP contribution >= 0.6 is 11.6 Å². The van der Waals surface area contributed by atoms with E-state index in [9.17, 15) is 9.59 Å². The van der Waals surface area contributed by atoms with Crippen LogP contribution in [0.1, 0.15) is 35.2 Å². The molecular weight excluding hydrogens is 388 g/mol. The SMILES string of the molecule is CCC(C(=O)Nc1ccc2c(c1)C(=O)Nc1cc(Cl)ccc1O2)c1ccccc1. The fourth-order valence-electron chi connectivity index (χ4n) is 3.36. The second-order valence-electron chi connectivity index (χ2n) is 6.77. The summed E-state index contributed by atoms with van der Waals surface area (Å²) in [6.07, 6.45) is 0.667. The molecule has 1 unspecified atom stereocenters. The molecule has 3 aromatic rings. The van der Waals surface area contributed by atoms with Gasteiger partial charge in [-0.3, -0.25) is 9.59 Å². The summed E-state index contributed by atoms with van der Waals surface area (Å²) in [7, 11) is 0. The van der Waals surface area contributed by atoms with Crippen LogP contribution in [0.25, 0.3) is 0 Å². The van der Waals surface area contributed by atoms with Gasteiger partial charge in [-0.15, -0.1) is 0 Å². The van der Waals surface area contributed by atoms with E-state index < -0.39 is 0 Å². The molecule has 0 spiro atoms. The third kappa shape index (κ3) is 3.96. The van der Waals surface area contributed by atoms with Crippen molar-refractivity contribution >= 4 is 34.8 Å². The molecule has 0 saturated carbocycles. The van der Waals surface area contributed by atoms with Crippen molar-refractivity contribution in [2.24, 2.45) is 0 Å². The van der Waals surface area contributed by atoms with Crippen LogP contribution in [0.5, 0.6) is 11.5 Å². The number of hydrogen-bond acceptors (Lipinski definition) is 3. The van der Waals surface area contributed by atoms with Gasteiger partial charge in [0.05, 0.1) is 17.2 Å². The predicted molar refractivity (Wildman–Crippen MR) is 114 cm³/mol. The molecule has 4 rings (SSSR count). The Morgan fingerprint density at radius 2 is 1.83 bits per heavy atom. The van der Waals surface area contributed by atoms with E-state index in [-0.39, 0.29) is 17.7 Å². The molecule has 6 heteroatoms. The fourth-order valence-corrected chi connectivity index (χ4v) is 3.53. The van der Waals surface area contributed by atoms with Crippen molar-refractivity contribution in [1.82, 2.24) is 0 Å². The van der Waals surface area contributed by atoms with Crippen LogP contribution in [0.3, 0.4) is 0 Å². The molecule has 146 valence electrons. The summed E-state index contributed by atoms with van der Waals surface area (Å²) >= 11 is 6.01. The van der Waals surface area contributed by atoms with Crippen LogP contribution in [-0.2, 0) is 4.79 Å². The Kier molecular flexibility index (Phi) is 5.23. The fraction of sp³-hybridized carbons (Fsp3) is 0.130. The standard InChI is InChI=1S/C23H19ClN2O3/c1-2-17(14-6-4-3-5-7-14)22(27)25-16-9-11-20-18(13-16)23(28)26-19-12-15(24)8-10-21(19)29-20/h3-13,17H,2H2,1H3,(H,25,27)(H,26,28). The first-order chi connectivity index (χ1) is 14.0. The van der Waals surface area contributed by atoms with Crippen LogP contribution in [0.4, 0.5) is 11.4 Å². The highest BCUT2D eigenvalue weighted by molar-refractivity contribution is 6.31. The van der Waals surface area contributed by atoms with E-state index in [0.717, 1.165) is 5.56 Å². The van der Waals surface area contributed by atoms with Crippen LogP contribution < -0.4 is 15.4 Å². The minimum Gasteiger partial charge on any atom is -0.454 e. The minimum atomic E-state index is -0.327. The van der Waals surface area contributed by atoms with E-state index >= 15 is 0 Å². The quantitative estimate of drug-likeness (QED) is 0.572. The van der Waals surface area contributed by atoms with Gasteiger partial charge in [-0.25, -0.2) is 0 Å². The average molecular weight is 407 g/mol. The highest BCUT2D eigenvalue weighted by Gasteiger charge is 2.23. The number of halogens is 1. The molecule has 5 nitrogen and oxygen atoms in total. The average Bonchev–Trinajstić information content (AvgIpc) is 2.85. The number of anilines is 2. The monoisotopic (exact) mass is 406 g/mol. The smallest absolute Gasteiger partial charge is 0.259 e. The predicted octanol–water partition coefficient (Wildman–Crippen LogP) is 5.83. The highest BCUT2D eigenvalue weighted by Crippen LogP contribution is 2.38. The topological polar surface area (TPSA) is 67.4 Å². The first-order valence-electron chi connectivity index (χ1n) is 9.33. The third-order valence-corrected chi connectivity index (χ3v) is 5.06. The second-order valence-corrected chi connectivity index (χ2v) is 7.20. The molecule has 1 aliphatic heterocycles. The Balaban J connectivity index is 1.59. The molecule has 0 bridgehead atoms. The lowest BCUT2D eigenvalue weighted by Crippen LogP contribution is -2.21. The van der Waals surface area contributed by atoms with Gasteiger partial charge in [-0.1, -0.05) is 48.9 Å². The highest BCUT2D eigenvalue weighted by atomic mass is 35.5. The summed E-state index contributed by atoms with van der Waals surface area (Å²) in [6.45, 7) is 1.97. The third-order valence-electron chi connectivity index (χ3n) is 4.83. The van der Waals surface area contributed by atoms with Crippen molar-refractivity contribution in [2.45, 2.75) is 19.3 Å². The largest absolute Gasteiger partial charge is 0.454 e. The van der Waals surface area contributed by atoms with Gasteiger partial charge in [0.1, 0.15) is 5.75 Å². The van der Waals surface area contributed by atoms with E-state index in [0.29, 0.717) is 39.9 Å². The number of benzene rings is 3. The molecule has 0 saturated heterocycles. The molecule has 1 atom stereocenters. The Hall–Kier alpha value is -3.31. The number of amides is 2. The van der Waals surface area contributed by atoms with Gasteiger partial charge >= 0.3 is 0 Å². The van der Waals surface area contributed by atoms with Crippen molar-refractivity contribution in [3.8, 4) is 11.5 Å². The molecule has 0 aliphatic carbocycles. The van der Waals surface area contributed by atoms with Gasteiger partial charge in [-0.2, -0.15) is 0 Å². The maximum Gasteiger partial charge on any atom is 0.259 e. The molecule has 0 radical (unpaired) electrons. The lowest BCUT2D eigenvalue weighted by atomic mass is 9.95. The Morgan fingerprint density at radius 3 is 2.59 bits per heavy atom. The van der Waals surface area contributed by atoms with E-state index in [1.165, 1.54) is 0 Å². The van der Waals surface area contributed by atoms with Crippen LogP contribution in [0.2, 0.25) is 5.02 Å². The summed E-state index contributed by atoms with van der Waals surface area (Å²) in [5.74, 6) is 0.201. The van der Waals surface area contributed by atoms with Gasteiger partial charge in [0, 0.05) is 10.7 Å².